The minimum absolute atomic E-state index is 0.0650. The Balaban J connectivity index is 4.32. The molecule has 0 bridgehead atoms. The minimum Gasteiger partial charge on any atom is -0.462 e. The van der Waals surface area contributed by atoms with E-state index in [1.54, 1.807) is 0 Å². The SMILES string of the molecule is CC(C)CCCCCCCCCCCCCCC(=O)OC[C@@H](COC(=O)CCCCCCCCCCCC(C)C)OC(=O)CCCCCCCCCCCCC(C)C. The number of hydrogen-bond donors (Lipinski definition) is 0. The average Bonchev–Trinajstić information content (AvgIpc) is 3.18. The molecule has 0 N–H and O–H groups in total. The highest BCUT2D eigenvalue weighted by atomic mass is 16.6. The smallest absolute Gasteiger partial charge is 0.306 e. The van der Waals surface area contributed by atoms with Crippen LogP contribution in [0.3, 0.4) is 0 Å². The standard InChI is InChI=1S/C52H100O6/c1-46(2)38-32-26-20-14-9-7-8-10-17-23-29-35-41-50(53)56-44-49(45-57-51(54)42-36-30-24-19-13-16-22-28-34-40-48(5)6)58-52(55)43-37-31-25-18-12-11-15-21-27-33-39-47(3)4/h46-49H,7-45H2,1-6H3/t49-/m0/s1. The minimum atomic E-state index is -0.762. The largest absolute Gasteiger partial charge is 0.462 e. The molecule has 0 unspecified atom stereocenters. The highest BCUT2D eigenvalue weighted by Crippen LogP contribution is 2.17. The summed E-state index contributed by atoms with van der Waals surface area (Å²) >= 11 is 0. The lowest BCUT2D eigenvalue weighted by atomic mass is 10.0. The van der Waals surface area contributed by atoms with Gasteiger partial charge in [-0.2, -0.15) is 0 Å². The molecule has 0 radical (unpaired) electrons. The Morgan fingerprint density at radius 2 is 0.500 bits per heavy atom. The highest BCUT2D eigenvalue weighted by molar-refractivity contribution is 5.71. The van der Waals surface area contributed by atoms with Gasteiger partial charge in [0.1, 0.15) is 13.2 Å². The summed E-state index contributed by atoms with van der Waals surface area (Å²) in [5, 5.41) is 0. The van der Waals surface area contributed by atoms with E-state index >= 15 is 0 Å². The predicted molar refractivity (Wildman–Crippen MR) is 247 cm³/mol. The maximum atomic E-state index is 12.8. The van der Waals surface area contributed by atoms with Crippen LogP contribution in [-0.2, 0) is 28.6 Å². The summed E-state index contributed by atoms with van der Waals surface area (Å²) in [6.07, 6.45) is 42.3. The second kappa shape index (κ2) is 43.5. The summed E-state index contributed by atoms with van der Waals surface area (Å²) in [5.74, 6) is 1.60. The molecule has 0 amide bonds. The molecule has 1 atom stereocenters. The van der Waals surface area contributed by atoms with E-state index in [1.807, 2.05) is 0 Å². The third-order valence-electron chi connectivity index (χ3n) is 11.6. The van der Waals surface area contributed by atoms with Crippen molar-refractivity contribution in [3.63, 3.8) is 0 Å². The van der Waals surface area contributed by atoms with E-state index in [1.165, 1.54) is 161 Å². The molecule has 0 saturated carbocycles. The van der Waals surface area contributed by atoms with Gasteiger partial charge in [0.2, 0.25) is 0 Å². The second-order valence-electron chi connectivity index (χ2n) is 19.2. The van der Waals surface area contributed by atoms with Crippen LogP contribution in [0.4, 0.5) is 0 Å². The topological polar surface area (TPSA) is 78.9 Å². The first-order valence-corrected chi connectivity index (χ1v) is 25.6. The first kappa shape index (κ1) is 56.4. The third-order valence-corrected chi connectivity index (χ3v) is 11.6. The molecule has 58 heavy (non-hydrogen) atoms. The number of ether oxygens (including phenoxy) is 3. The first-order valence-electron chi connectivity index (χ1n) is 25.6. The predicted octanol–water partition coefficient (Wildman–Crippen LogP) is 16.4. The highest BCUT2D eigenvalue weighted by Gasteiger charge is 2.19. The Morgan fingerprint density at radius 1 is 0.293 bits per heavy atom. The van der Waals surface area contributed by atoms with Crippen molar-refractivity contribution in [3.8, 4) is 0 Å². The van der Waals surface area contributed by atoms with Gasteiger partial charge in [-0.25, -0.2) is 0 Å². The van der Waals surface area contributed by atoms with E-state index in [-0.39, 0.29) is 31.1 Å². The third kappa shape index (κ3) is 45.5. The normalized spacial score (nSPS) is 12.2. The van der Waals surface area contributed by atoms with E-state index in [2.05, 4.69) is 41.5 Å². The number of carbonyl (C=O) groups excluding carboxylic acids is 3. The van der Waals surface area contributed by atoms with Crippen LogP contribution in [0.15, 0.2) is 0 Å². The van der Waals surface area contributed by atoms with Crippen molar-refractivity contribution < 1.29 is 28.6 Å². The molecule has 0 spiro atoms. The van der Waals surface area contributed by atoms with Crippen LogP contribution in [0.1, 0.15) is 279 Å². The van der Waals surface area contributed by atoms with Gasteiger partial charge in [-0.05, 0) is 37.0 Å². The molecule has 344 valence electrons. The molecule has 0 aliphatic rings. The second-order valence-corrected chi connectivity index (χ2v) is 19.2. The lowest BCUT2D eigenvalue weighted by Gasteiger charge is -2.18. The number of rotatable bonds is 45. The molecule has 6 nitrogen and oxygen atoms in total. The van der Waals surface area contributed by atoms with Crippen LogP contribution in [0, 0.1) is 17.8 Å². The van der Waals surface area contributed by atoms with Gasteiger partial charge in [-0.3, -0.25) is 14.4 Å². The van der Waals surface area contributed by atoms with Crippen molar-refractivity contribution >= 4 is 17.9 Å². The van der Waals surface area contributed by atoms with Gasteiger partial charge in [-0.15, -0.1) is 0 Å². The van der Waals surface area contributed by atoms with Crippen molar-refractivity contribution in [2.75, 3.05) is 13.2 Å². The van der Waals surface area contributed by atoms with Gasteiger partial charge in [0.25, 0.3) is 0 Å². The fourth-order valence-corrected chi connectivity index (χ4v) is 7.76. The summed E-state index contributed by atoms with van der Waals surface area (Å²) in [7, 11) is 0. The summed E-state index contributed by atoms with van der Waals surface area (Å²) in [6, 6.07) is 0. The van der Waals surface area contributed by atoms with Crippen LogP contribution >= 0.6 is 0 Å². The zero-order chi connectivity index (χ0) is 42.7. The Bertz CT molecular complexity index is 898. The molecule has 0 aliphatic heterocycles. The molecule has 0 fully saturated rings. The monoisotopic (exact) mass is 821 g/mol. The molecule has 0 saturated heterocycles. The fraction of sp³-hybridized carbons (Fsp3) is 0.942. The summed E-state index contributed by atoms with van der Waals surface area (Å²) in [6.45, 7) is 13.7. The van der Waals surface area contributed by atoms with Gasteiger partial charge >= 0.3 is 17.9 Å². The summed E-state index contributed by atoms with van der Waals surface area (Å²) < 4.78 is 16.8. The van der Waals surface area contributed by atoms with Crippen LogP contribution in [-0.4, -0.2) is 37.2 Å². The Morgan fingerprint density at radius 3 is 0.741 bits per heavy atom. The maximum absolute atomic E-state index is 12.8. The summed E-state index contributed by atoms with van der Waals surface area (Å²) in [5.41, 5.74) is 0. The molecule has 6 heteroatoms. The molecule has 0 aromatic carbocycles. The Hall–Kier alpha value is -1.59. The Labute approximate surface area is 361 Å². The van der Waals surface area contributed by atoms with Crippen molar-refractivity contribution in [2.24, 2.45) is 17.8 Å². The van der Waals surface area contributed by atoms with Crippen molar-refractivity contribution in [3.05, 3.63) is 0 Å². The first-order chi connectivity index (χ1) is 28.1. The van der Waals surface area contributed by atoms with Crippen molar-refractivity contribution in [1.29, 1.82) is 0 Å². The molecule has 0 aromatic rings. The van der Waals surface area contributed by atoms with E-state index in [4.69, 9.17) is 14.2 Å². The van der Waals surface area contributed by atoms with E-state index < -0.39 is 6.10 Å². The van der Waals surface area contributed by atoms with Crippen molar-refractivity contribution in [1.82, 2.24) is 0 Å². The number of carbonyl (C=O) groups is 3. The van der Waals surface area contributed by atoms with Crippen LogP contribution in [0.25, 0.3) is 0 Å². The average molecular weight is 821 g/mol. The van der Waals surface area contributed by atoms with E-state index in [0.29, 0.717) is 19.3 Å². The molecular weight excluding hydrogens is 721 g/mol. The maximum Gasteiger partial charge on any atom is 0.306 e. The Kier molecular flexibility index (Phi) is 42.3. The van der Waals surface area contributed by atoms with Gasteiger partial charge in [0, 0.05) is 19.3 Å². The van der Waals surface area contributed by atoms with E-state index in [9.17, 15) is 14.4 Å². The van der Waals surface area contributed by atoms with Crippen LogP contribution in [0.2, 0.25) is 0 Å². The van der Waals surface area contributed by atoms with E-state index in [0.717, 1.165) is 75.5 Å². The molecule has 0 aliphatic carbocycles. The molecule has 0 heterocycles. The molecule has 0 rings (SSSR count). The van der Waals surface area contributed by atoms with Gasteiger partial charge in [0.15, 0.2) is 6.10 Å². The number of esters is 3. The van der Waals surface area contributed by atoms with Crippen LogP contribution < -0.4 is 0 Å². The lowest BCUT2D eigenvalue weighted by Crippen LogP contribution is -2.30. The van der Waals surface area contributed by atoms with Crippen LogP contribution in [0.5, 0.6) is 0 Å². The zero-order valence-electron chi connectivity index (χ0n) is 39.8. The van der Waals surface area contributed by atoms with Crippen molar-refractivity contribution in [2.45, 2.75) is 285 Å². The number of unbranched alkanes of at least 4 members (excludes halogenated alkanes) is 28. The lowest BCUT2D eigenvalue weighted by molar-refractivity contribution is -0.167. The quantitative estimate of drug-likeness (QED) is 0.0346. The van der Waals surface area contributed by atoms with Gasteiger partial charge < -0.3 is 14.2 Å². The molecular formula is C52H100O6. The fourth-order valence-electron chi connectivity index (χ4n) is 7.76. The molecule has 0 aromatic heterocycles. The number of hydrogen-bond acceptors (Lipinski definition) is 6. The zero-order valence-corrected chi connectivity index (χ0v) is 39.8. The van der Waals surface area contributed by atoms with Gasteiger partial charge in [-0.1, -0.05) is 241 Å². The summed E-state index contributed by atoms with van der Waals surface area (Å²) in [4.78, 5) is 37.9. The van der Waals surface area contributed by atoms with Gasteiger partial charge in [0.05, 0.1) is 0 Å².